The topological polar surface area (TPSA) is 38.3 Å². The number of carbonyl (C=O) groups excluding carboxylic acids is 1. The SMILES string of the molecule is Cc1ccc(C(C)C)cc1OCC(=O)Nc1cccc(C)c1C. The molecule has 1 amide bonds. The van der Waals surface area contributed by atoms with E-state index in [9.17, 15) is 4.79 Å². The van der Waals surface area contributed by atoms with Crippen LogP contribution in [0.25, 0.3) is 0 Å². The molecule has 0 unspecified atom stereocenters. The van der Waals surface area contributed by atoms with E-state index in [-0.39, 0.29) is 12.5 Å². The molecule has 0 aliphatic heterocycles. The molecule has 0 aromatic heterocycles. The van der Waals surface area contributed by atoms with Crippen LogP contribution in [-0.4, -0.2) is 12.5 Å². The number of hydrogen-bond acceptors (Lipinski definition) is 2. The van der Waals surface area contributed by atoms with Gasteiger partial charge in [-0.05, 0) is 61.1 Å². The third-order valence-corrected chi connectivity index (χ3v) is 4.12. The largest absolute Gasteiger partial charge is 0.483 e. The Hall–Kier alpha value is -2.29. The van der Waals surface area contributed by atoms with Crippen molar-refractivity contribution in [2.45, 2.75) is 40.5 Å². The van der Waals surface area contributed by atoms with Crippen LogP contribution in [0.3, 0.4) is 0 Å². The number of amides is 1. The molecule has 23 heavy (non-hydrogen) atoms. The van der Waals surface area contributed by atoms with Crippen molar-refractivity contribution in [1.82, 2.24) is 0 Å². The van der Waals surface area contributed by atoms with Gasteiger partial charge in [-0.3, -0.25) is 4.79 Å². The van der Waals surface area contributed by atoms with Crippen molar-refractivity contribution in [2.24, 2.45) is 0 Å². The summed E-state index contributed by atoms with van der Waals surface area (Å²) in [4.78, 5) is 12.1. The van der Waals surface area contributed by atoms with Gasteiger partial charge in [0.05, 0.1) is 0 Å². The molecule has 2 aromatic carbocycles. The van der Waals surface area contributed by atoms with Crippen molar-refractivity contribution in [2.75, 3.05) is 11.9 Å². The van der Waals surface area contributed by atoms with Crippen LogP contribution >= 0.6 is 0 Å². The maximum Gasteiger partial charge on any atom is 0.262 e. The molecule has 0 spiro atoms. The fourth-order valence-electron chi connectivity index (χ4n) is 2.35. The average Bonchev–Trinajstić information content (AvgIpc) is 2.51. The minimum atomic E-state index is -0.145. The van der Waals surface area contributed by atoms with Gasteiger partial charge in [-0.2, -0.15) is 0 Å². The van der Waals surface area contributed by atoms with Crippen LogP contribution in [0.4, 0.5) is 5.69 Å². The van der Waals surface area contributed by atoms with E-state index in [1.165, 1.54) is 5.56 Å². The van der Waals surface area contributed by atoms with Gasteiger partial charge in [0.2, 0.25) is 0 Å². The molecule has 122 valence electrons. The lowest BCUT2D eigenvalue weighted by Crippen LogP contribution is -2.21. The quantitative estimate of drug-likeness (QED) is 0.865. The third-order valence-electron chi connectivity index (χ3n) is 4.12. The molecule has 2 rings (SSSR count). The molecule has 3 heteroatoms. The first-order valence-corrected chi connectivity index (χ1v) is 7.98. The molecule has 2 aromatic rings. The summed E-state index contributed by atoms with van der Waals surface area (Å²) in [6, 6.07) is 12.0. The second kappa shape index (κ2) is 7.32. The molecule has 0 bridgehead atoms. The number of anilines is 1. The Balaban J connectivity index is 2.02. The zero-order valence-electron chi connectivity index (χ0n) is 14.6. The Labute approximate surface area is 138 Å². The number of hydrogen-bond donors (Lipinski definition) is 1. The first-order valence-electron chi connectivity index (χ1n) is 7.98. The third kappa shape index (κ3) is 4.35. The number of ether oxygens (including phenoxy) is 1. The van der Waals surface area contributed by atoms with Gasteiger partial charge < -0.3 is 10.1 Å². The van der Waals surface area contributed by atoms with Crippen LogP contribution in [0, 0.1) is 20.8 Å². The molecule has 0 saturated heterocycles. The van der Waals surface area contributed by atoms with Crippen molar-refractivity contribution in [3.05, 3.63) is 58.7 Å². The summed E-state index contributed by atoms with van der Waals surface area (Å²) in [6.07, 6.45) is 0. The van der Waals surface area contributed by atoms with Crippen LogP contribution < -0.4 is 10.1 Å². The van der Waals surface area contributed by atoms with E-state index in [4.69, 9.17) is 4.74 Å². The molecule has 0 atom stereocenters. The highest BCUT2D eigenvalue weighted by atomic mass is 16.5. The molecule has 0 saturated carbocycles. The summed E-state index contributed by atoms with van der Waals surface area (Å²) in [5.74, 6) is 1.06. The van der Waals surface area contributed by atoms with Crippen molar-refractivity contribution >= 4 is 11.6 Å². The Kier molecular flexibility index (Phi) is 5.43. The standard InChI is InChI=1S/C20H25NO2/c1-13(2)17-10-9-15(4)19(11-17)23-12-20(22)21-18-8-6-7-14(3)16(18)5/h6-11,13H,12H2,1-5H3,(H,21,22). The lowest BCUT2D eigenvalue weighted by molar-refractivity contribution is -0.118. The fourth-order valence-corrected chi connectivity index (χ4v) is 2.35. The summed E-state index contributed by atoms with van der Waals surface area (Å²) < 4.78 is 5.72. The molecule has 0 aliphatic rings. The van der Waals surface area contributed by atoms with Crippen LogP contribution in [0.15, 0.2) is 36.4 Å². The minimum Gasteiger partial charge on any atom is -0.483 e. The summed E-state index contributed by atoms with van der Waals surface area (Å²) in [6.45, 7) is 10.3. The molecule has 0 fully saturated rings. The summed E-state index contributed by atoms with van der Waals surface area (Å²) in [5, 5.41) is 2.91. The van der Waals surface area contributed by atoms with E-state index >= 15 is 0 Å². The molecular weight excluding hydrogens is 286 g/mol. The molecule has 0 radical (unpaired) electrons. The van der Waals surface area contributed by atoms with Crippen LogP contribution in [-0.2, 0) is 4.79 Å². The van der Waals surface area contributed by atoms with Gasteiger partial charge in [-0.25, -0.2) is 0 Å². The molecular formula is C20H25NO2. The predicted octanol–water partition coefficient (Wildman–Crippen LogP) is 4.75. The summed E-state index contributed by atoms with van der Waals surface area (Å²) in [7, 11) is 0. The van der Waals surface area contributed by atoms with E-state index in [0.717, 1.165) is 28.1 Å². The second-order valence-electron chi connectivity index (χ2n) is 6.26. The van der Waals surface area contributed by atoms with Crippen LogP contribution in [0.5, 0.6) is 5.75 Å². The number of carbonyl (C=O) groups is 1. The van der Waals surface area contributed by atoms with Gasteiger partial charge in [-0.1, -0.05) is 38.1 Å². The number of nitrogens with one attached hydrogen (secondary N) is 1. The van der Waals surface area contributed by atoms with Crippen molar-refractivity contribution in [3.8, 4) is 5.75 Å². The Morgan fingerprint density at radius 2 is 1.83 bits per heavy atom. The second-order valence-corrected chi connectivity index (χ2v) is 6.26. The number of rotatable bonds is 5. The van der Waals surface area contributed by atoms with Crippen molar-refractivity contribution < 1.29 is 9.53 Å². The van der Waals surface area contributed by atoms with Gasteiger partial charge in [-0.15, -0.1) is 0 Å². The van der Waals surface area contributed by atoms with E-state index in [2.05, 4.69) is 25.2 Å². The molecule has 0 aliphatic carbocycles. The highest BCUT2D eigenvalue weighted by molar-refractivity contribution is 5.92. The summed E-state index contributed by atoms with van der Waals surface area (Å²) >= 11 is 0. The van der Waals surface area contributed by atoms with Gasteiger partial charge >= 0.3 is 0 Å². The molecule has 3 nitrogen and oxygen atoms in total. The molecule has 0 heterocycles. The van der Waals surface area contributed by atoms with Crippen molar-refractivity contribution in [3.63, 3.8) is 0 Å². The van der Waals surface area contributed by atoms with E-state index in [0.29, 0.717) is 5.92 Å². The maximum absolute atomic E-state index is 12.1. The summed E-state index contributed by atoms with van der Waals surface area (Å²) in [5.41, 5.74) is 5.32. The highest BCUT2D eigenvalue weighted by Crippen LogP contribution is 2.24. The predicted molar refractivity (Wildman–Crippen MR) is 95.3 cm³/mol. The van der Waals surface area contributed by atoms with Crippen LogP contribution in [0.1, 0.15) is 42.0 Å². The first-order chi connectivity index (χ1) is 10.9. The normalized spacial score (nSPS) is 10.7. The van der Waals surface area contributed by atoms with Gasteiger partial charge in [0.1, 0.15) is 5.75 Å². The smallest absolute Gasteiger partial charge is 0.262 e. The Morgan fingerprint density at radius 1 is 1.09 bits per heavy atom. The number of aryl methyl sites for hydroxylation is 2. The zero-order chi connectivity index (χ0) is 17.0. The molecule has 1 N–H and O–H groups in total. The van der Waals surface area contributed by atoms with E-state index in [1.54, 1.807) is 0 Å². The van der Waals surface area contributed by atoms with Crippen molar-refractivity contribution in [1.29, 1.82) is 0 Å². The Morgan fingerprint density at radius 3 is 2.52 bits per heavy atom. The Bertz CT molecular complexity index is 705. The number of benzene rings is 2. The lowest BCUT2D eigenvalue weighted by Gasteiger charge is -2.14. The average molecular weight is 311 g/mol. The van der Waals surface area contributed by atoms with Gasteiger partial charge in [0.15, 0.2) is 6.61 Å². The maximum atomic E-state index is 12.1. The fraction of sp³-hybridized carbons (Fsp3) is 0.350. The van der Waals surface area contributed by atoms with E-state index < -0.39 is 0 Å². The minimum absolute atomic E-state index is 0.00969. The van der Waals surface area contributed by atoms with Gasteiger partial charge in [0.25, 0.3) is 5.91 Å². The first kappa shape index (κ1) is 17.1. The highest BCUT2D eigenvalue weighted by Gasteiger charge is 2.09. The van der Waals surface area contributed by atoms with Crippen LogP contribution in [0.2, 0.25) is 0 Å². The van der Waals surface area contributed by atoms with E-state index in [1.807, 2.05) is 51.1 Å². The lowest BCUT2D eigenvalue weighted by atomic mass is 10.0. The zero-order valence-corrected chi connectivity index (χ0v) is 14.6. The van der Waals surface area contributed by atoms with Gasteiger partial charge in [0, 0.05) is 5.69 Å². The monoisotopic (exact) mass is 311 g/mol.